The van der Waals surface area contributed by atoms with Crippen molar-refractivity contribution in [3.63, 3.8) is 0 Å². The van der Waals surface area contributed by atoms with Crippen LogP contribution in [0.25, 0.3) is 0 Å². The molecular formula is C18H25N3O6. The molecule has 0 heterocycles. The first kappa shape index (κ1) is 21.9. The summed E-state index contributed by atoms with van der Waals surface area (Å²) in [5.74, 6) is -1.88. The first-order valence-corrected chi connectivity index (χ1v) is 8.53. The average molecular weight is 379 g/mol. The lowest BCUT2D eigenvalue weighted by Crippen LogP contribution is -2.45. The van der Waals surface area contributed by atoms with E-state index in [9.17, 15) is 19.2 Å². The van der Waals surface area contributed by atoms with Crippen molar-refractivity contribution >= 4 is 29.6 Å². The first-order valence-electron chi connectivity index (χ1n) is 8.53. The Labute approximate surface area is 157 Å². The van der Waals surface area contributed by atoms with Crippen LogP contribution in [-0.4, -0.2) is 43.1 Å². The molecule has 1 atom stereocenters. The molecule has 1 aromatic carbocycles. The highest BCUT2D eigenvalue weighted by Crippen LogP contribution is 2.16. The third-order valence-corrected chi connectivity index (χ3v) is 3.35. The molecule has 0 fully saturated rings. The number of rotatable bonds is 9. The number of ether oxygens (including phenoxy) is 2. The van der Waals surface area contributed by atoms with Crippen LogP contribution in [0.4, 0.5) is 10.5 Å². The molecule has 0 spiro atoms. The Balaban J connectivity index is 2.68. The topological polar surface area (TPSA) is 137 Å². The number of esters is 2. The van der Waals surface area contributed by atoms with Gasteiger partial charge in [0.1, 0.15) is 6.04 Å². The summed E-state index contributed by atoms with van der Waals surface area (Å²) in [7, 11) is 0. The second-order valence-corrected chi connectivity index (χ2v) is 6.11. The molecule has 1 aromatic rings. The van der Waals surface area contributed by atoms with Crippen molar-refractivity contribution in [3.8, 4) is 0 Å². The SMILES string of the molecule is CCOC(=O)c1ccccc1NC(=O)COC(=O)[C@@H](CC(C)C)NC(N)=O. The standard InChI is InChI=1S/C18H25N3O6/c1-4-26-16(23)12-7-5-6-8-13(12)20-15(22)10-27-17(24)14(9-11(2)3)21-18(19)25/h5-8,11,14H,4,9-10H2,1-3H3,(H,20,22)(H3,19,21,25)/t14-/m1/s1. The lowest BCUT2D eigenvalue weighted by molar-refractivity contribution is -0.149. The monoisotopic (exact) mass is 379 g/mol. The van der Waals surface area contributed by atoms with Gasteiger partial charge in [-0.05, 0) is 31.4 Å². The minimum absolute atomic E-state index is 0.0969. The quantitative estimate of drug-likeness (QED) is 0.555. The van der Waals surface area contributed by atoms with Crippen molar-refractivity contribution in [1.29, 1.82) is 0 Å². The van der Waals surface area contributed by atoms with Gasteiger partial charge in [-0.1, -0.05) is 26.0 Å². The molecule has 148 valence electrons. The number of para-hydroxylation sites is 1. The lowest BCUT2D eigenvalue weighted by Gasteiger charge is -2.18. The summed E-state index contributed by atoms with van der Waals surface area (Å²) in [4.78, 5) is 47.1. The minimum Gasteiger partial charge on any atom is -0.462 e. The summed E-state index contributed by atoms with van der Waals surface area (Å²) in [5, 5.41) is 4.79. The number of hydrogen-bond donors (Lipinski definition) is 3. The van der Waals surface area contributed by atoms with Crippen LogP contribution in [0.3, 0.4) is 0 Å². The molecular weight excluding hydrogens is 354 g/mol. The van der Waals surface area contributed by atoms with E-state index >= 15 is 0 Å². The molecule has 4 N–H and O–H groups in total. The number of primary amides is 1. The molecule has 9 heteroatoms. The first-order chi connectivity index (χ1) is 12.7. The molecule has 0 bridgehead atoms. The van der Waals surface area contributed by atoms with Gasteiger partial charge in [0.05, 0.1) is 17.9 Å². The largest absolute Gasteiger partial charge is 0.462 e. The van der Waals surface area contributed by atoms with Gasteiger partial charge in [-0.2, -0.15) is 0 Å². The number of urea groups is 1. The predicted molar refractivity (Wildman–Crippen MR) is 97.9 cm³/mol. The number of hydrogen-bond acceptors (Lipinski definition) is 6. The van der Waals surface area contributed by atoms with Crippen molar-refractivity contribution in [2.75, 3.05) is 18.5 Å². The number of nitrogens with one attached hydrogen (secondary N) is 2. The Hall–Kier alpha value is -3.10. The van der Waals surface area contributed by atoms with Crippen LogP contribution < -0.4 is 16.4 Å². The number of carbonyl (C=O) groups is 4. The Kier molecular flexibility index (Phi) is 8.77. The van der Waals surface area contributed by atoms with Gasteiger partial charge in [-0.3, -0.25) is 4.79 Å². The molecule has 27 heavy (non-hydrogen) atoms. The van der Waals surface area contributed by atoms with Crippen LogP contribution in [0.15, 0.2) is 24.3 Å². The van der Waals surface area contributed by atoms with Gasteiger partial charge >= 0.3 is 18.0 Å². The Morgan fingerprint density at radius 3 is 2.37 bits per heavy atom. The van der Waals surface area contributed by atoms with Crippen molar-refractivity contribution in [1.82, 2.24) is 5.32 Å². The van der Waals surface area contributed by atoms with E-state index in [1.54, 1.807) is 19.1 Å². The Morgan fingerprint density at radius 2 is 1.78 bits per heavy atom. The molecule has 0 aliphatic rings. The molecule has 0 saturated carbocycles. The van der Waals surface area contributed by atoms with Crippen LogP contribution in [0.2, 0.25) is 0 Å². The van der Waals surface area contributed by atoms with Gasteiger partial charge in [0, 0.05) is 0 Å². The van der Waals surface area contributed by atoms with Crippen LogP contribution in [0, 0.1) is 5.92 Å². The minimum atomic E-state index is -0.942. The fourth-order valence-corrected chi connectivity index (χ4v) is 2.26. The predicted octanol–water partition coefficient (Wildman–Crippen LogP) is 1.43. The highest BCUT2D eigenvalue weighted by atomic mass is 16.5. The zero-order chi connectivity index (χ0) is 20.4. The highest BCUT2D eigenvalue weighted by molar-refractivity contribution is 6.02. The summed E-state index contributed by atoms with van der Waals surface area (Å²) >= 11 is 0. The zero-order valence-corrected chi connectivity index (χ0v) is 15.6. The van der Waals surface area contributed by atoms with E-state index in [0.29, 0.717) is 6.42 Å². The van der Waals surface area contributed by atoms with Crippen molar-refractivity contribution < 1.29 is 28.7 Å². The zero-order valence-electron chi connectivity index (χ0n) is 15.6. The van der Waals surface area contributed by atoms with E-state index < -0.39 is 36.5 Å². The molecule has 0 aliphatic heterocycles. The maximum atomic E-state index is 12.1. The second kappa shape index (κ2) is 10.8. The number of carbonyl (C=O) groups excluding carboxylic acids is 4. The van der Waals surface area contributed by atoms with Crippen LogP contribution >= 0.6 is 0 Å². The number of anilines is 1. The second-order valence-electron chi connectivity index (χ2n) is 6.11. The molecule has 3 amide bonds. The fourth-order valence-electron chi connectivity index (χ4n) is 2.26. The number of amides is 3. The van der Waals surface area contributed by atoms with Crippen molar-refractivity contribution in [3.05, 3.63) is 29.8 Å². The number of benzene rings is 1. The van der Waals surface area contributed by atoms with E-state index in [1.807, 2.05) is 13.8 Å². The Morgan fingerprint density at radius 1 is 1.11 bits per heavy atom. The van der Waals surface area contributed by atoms with Gasteiger partial charge in [0.15, 0.2) is 6.61 Å². The van der Waals surface area contributed by atoms with Gasteiger partial charge in [0.2, 0.25) is 0 Å². The van der Waals surface area contributed by atoms with Gasteiger partial charge < -0.3 is 25.8 Å². The van der Waals surface area contributed by atoms with Gasteiger partial charge in [-0.25, -0.2) is 14.4 Å². The van der Waals surface area contributed by atoms with Crippen LogP contribution in [0.1, 0.15) is 37.6 Å². The maximum Gasteiger partial charge on any atom is 0.340 e. The lowest BCUT2D eigenvalue weighted by atomic mass is 10.0. The number of nitrogens with two attached hydrogens (primary N) is 1. The van der Waals surface area contributed by atoms with Crippen molar-refractivity contribution in [2.24, 2.45) is 11.7 Å². The third kappa shape index (κ3) is 7.76. The van der Waals surface area contributed by atoms with Crippen LogP contribution in [0.5, 0.6) is 0 Å². The summed E-state index contributed by atoms with van der Waals surface area (Å²) in [6.45, 7) is 5.02. The molecule has 1 rings (SSSR count). The van der Waals surface area contributed by atoms with E-state index in [0.717, 1.165) is 0 Å². The van der Waals surface area contributed by atoms with E-state index in [1.165, 1.54) is 12.1 Å². The smallest absolute Gasteiger partial charge is 0.340 e. The average Bonchev–Trinajstić information content (AvgIpc) is 2.59. The summed E-state index contributed by atoms with van der Waals surface area (Å²) in [6, 6.07) is 4.51. The highest BCUT2D eigenvalue weighted by Gasteiger charge is 2.23. The summed E-state index contributed by atoms with van der Waals surface area (Å²) in [5.41, 5.74) is 5.48. The molecule has 9 nitrogen and oxygen atoms in total. The molecule has 0 saturated heterocycles. The van der Waals surface area contributed by atoms with E-state index in [4.69, 9.17) is 15.2 Å². The van der Waals surface area contributed by atoms with Crippen molar-refractivity contribution in [2.45, 2.75) is 33.2 Å². The van der Waals surface area contributed by atoms with E-state index in [-0.39, 0.29) is 23.8 Å². The fraction of sp³-hybridized carbons (Fsp3) is 0.444. The molecule has 0 aromatic heterocycles. The van der Waals surface area contributed by atoms with Gasteiger partial charge in [-0.15, -0.1) is 0 Å². The van der Waals surface area contributed by atoms with E-state index in [2.05, 4.69) is 10.6 Å². The Bertz CT molecular complexity index is 689. The molecule has 0 aliphatic carbocycles. The molecule has 0 radical (unpaired) electrons. The summed E-state index contributed by atoms with van der Waals surface area (Å²) in [6.07, 6.45) is 0.315. The third-order valence-electron chi connectivity index (χ3n) is 3.35. The van der Waals surface area contributed by atoms with Crippen LogP contribution in [-0.2, 0) is 19.1 Å². The normalized spacial score (nSPS) is 11.4. The maximum absolute atomic E-state index is 12.1. The summed E-state index contributed by atoms with van der Waals surface area (Å²) < 4.78 is 9.88. The van der Waals surface area contributed by atoms with Gasteiger partial charge in [0.25, 0.3) is 5.91 Å². The molecule has 0 unspecified atom stereocenters.